The van der Waals surface area contributed by atoms with Crippen LogP contribution in [-0.2, 0) is 11.2 Å². The Hall–Kier alpha value is -2.49. The van der Waals surface area contributed by atoms with Crippen molar-refractivity contribution in [2.24, 2.45) is 0 Å². The third-order valence-electron chi connectivity index (χ3n) is 4.18. The monoisotopic (exact) mass is 297 g/mol. The number of nitrogens with zero attached hydrogens (tertiary/aromatic N) is 1. The summed E-state index contributed by atoms with van der Waals surface area (Å²) in [5, 5.41) is 0. The average Bonchev–Trinajstić information content (AvgIpc) is 2.55. The molecule has 2 aromatic rings. The molecule has 1 amide bonds. The minimum atomic E-state index is -0.0998. The number of amides is 1. The number of carbonyl (C=O) groups is 1. The summed E-state index contributed by atoms with van der Waals surface area (Å²) in [5.74, 6) is 1.45. The molecule has 4 nitrogen and oxygen atoms in total. The van der Waals surface area contributed by atoms with Gasteiger partial charge in [0.1, 0.15) is 0 Å². The fourth-order valence-electron chi connectivity index (χ4n) is 3.02. The molecule has 0 saturated carbocycles. The zero-order chi connectivity index (χ0) is 15.7. The minimum absolute atomic E-state index is 0.0998. The van der Waals surface area contributed by atoms with Crippen molar-refractivity contribution < 1.29 is 14.3 Å². The second-order valence-corrected chi connectivity index (χ2v) is 5.40. The maximum absolute atomic E-state index is 12.3. The van der Waals surface area contributed by atoms with Crippen LogP contribution in [0.15, 0.2) is 42.5 Å². The number of rotatable bonds is 3. The van der Waals surface area contributed by atoms with Gasteiger partial charge < -0.3 is 14.4 Å². The van der Waals surface area contributed by atoms with Gasteiger partial charge in [0, 0.05) is 7.05 Å². The van der Waals surface area contributed by atoms with Crippen molar-refractivity contribution in [3.05, 3.63) is 59.2 Å². The van der Waals surface area contributed by atoms with Gasteiger partial charge in [0.25, 0.3) is 0 Å². The van der Waals surface area contributed by atoms with Crippen LogP contribution < -0.4 is 9.47 Å². The predicted octanol–water partition coefficient (Wildman–Crippen LogP) is 2.81. The molecule has 3 rings (SSSR count). The molecule has 114 valence electrons. The lowest BCUT2D eigenvalue weighted by atomic mass is 9.88. The zero-order valence-corrected chi connectivity index (χ0v) is 13.0. The number of methoxy groups -OCH3 is 2. The van der Waals surface area contributed by atoms with Crippen LogP contribution in [0.2, 0.25) is 0 Å². The van der Waals surface area contributed by atoms with Crippen LogP contribution in [-0.4, -0.2) is 32.1 Å². The summed E-state index contributed by atoms with van der Waals surface area (Å²) >= 11 is 0. The van der Waals surface area contributed by atoms with Gasteiger partial charge in [0.2, 0.25) is 5.91 Å². The van der Waals surface area contributed by atoms with Crippen LogP contribution in [0, 0.1) is 0 Å². The highest BCUT2D eigenvalue weighted by molar-refractivity contribution is 5.82. The summed E-state index contributed by atoms with van der Waals surface area (Å²) in [6, 6.07) is 13.8. The maximum Gasteiger partial charge on any atom is 0.227 e. The molecule has 1 aliphatic heterocycles. The van der Waals surface area contributed by atoms with Gasteiger partial charge in [0.05, 0.1) is 26.7 Å². The third kappa shape index (κ3) is 2.30. The molecule has 1 heterocycles. The van der Waals surface area contributed by atoms with E-state index < -0.39 is 0 Å². The van der Waals surface area contributed by atoms with E-state index in [1.54, 1.807) is 19.1 Å². The molecule has 4 heteroatoms. The molecule has 0 saturated heterocycles. The Morgan fingerprint density at radius 2 is 1.68 bits per heavy atom. The number of hydrogen-bond acceptors (Lipinski definition) is 3. The van der Waals surface area contributed by atoms with Crippen molar-refractivity contribution in [3.63, 3.8) is 0 Å². The Morgan fingerprint density at radius 1 is 1.05 bits per heavy atom. The molecule has 1 aliphatic rings. The predicted molar refractivity (Wildman–Crippen MR) is 84.3 cm³/mol. The summed E-state index contributed by atoms with van der Waals surface area (Å²) < 4.78 is 10.8. The quantitative estimate of drug-likeness (QED) is 0.874. The first kappa shape index (κ1) is 14.4. The number of likely N-dealkylation sites (N-methyl/N-ethyl adjacent to an activating group) is 1. The highest BCUT2D eigenvalue weighted by Crippen LogP contribution is 2.40. The van der Waals surface area contributed by atoms with Crippen molar-refractivity contribution in [1.29, 1.82) is 0 Å². The summed E-state index contributed by atoms with van der Waals surface area (Å²) in [7, 11) is 5.08. The van der Waals surface area contributed by atoms with Crippen LogP contribution in [0.3, 0.4) is 0 Å². The van der Waals surface area contributed by atoms with Crippen molar-refractivity contribution in [3.8, 4) is 11.5 Å². The summed E-state index contributed by atoms with van der Waals surface area (Å²) in [5.41, 5.74) is 3.17. The molecular weight excluding hydrogens is 278 g/mol. The van der Waals surface area contributed by atoms with Gasteiger partial charge in [-0.15, -0.1) is 0 Å². The molecule has 0 aromatic heterocycles. The van der Waals surface area contributed by atoms with Gasteiger partial charge in [0.15, 0.2) is 11.5 Å². The number of fused-ring (bicyclic) bond motifs is 1. The van der Waals surface area contributed by atoms with Crippen molar-refractivity contribution in [1.82, 2.24) is 4.90 Å². The van der Waals surface area contributed by atoms with Crippen molar-refractivity contribution in [2.75, 3.05) is 21.3 Å². The van der Waals surface area contributed by atoms with Gasteiger partial charge in [-0.05, 0) is 28.8 Å². The summed E-state index contributed by atoms with van der Waals surface area (Å²) in [6.07, 6.45) is 0.384. The number of hydrogen-bond donors (Lipinski definition) is 0. The third-order valence-corrected chi connectivity index (χ3v) is 4.18. The lowest BCUT2D eigenvalue weighted by molar-refractivity contribution is -0.131. The Balaban J connectivity index is 2.18. The fraction of sp³-hybridized carbons (Fsp3) is 0.278. The molecule has 0 bridgehead atoms. The van der Waals surface area contributed by atoms with E-state index in [4.69, 9.17) is 9.47 Å². The van der Waals surface area contributed by atoms with Gasteiger partial charge in [-0.2, -0.15) is 0 Å². The molecular formula is C18H19NO3. The van der Waals surface area contributed by atoms with Crippen LogP contribution in [0.1, 0.15) is 22.7 Å². The Labute approximate surface area is 130 Å². The SMILES string of the molecule is COc1cc2c(cc1OC)C(c1ccccc1)N(C)C(=O)C2. The second kappa shape index (κ2) is 5.72. The van der Waals surface area contributed by atoms with E-state index in [2.05, 4.69) is 0 Å². The van der Waals surface area contributed by atoms with Crippen LogP contribution >= 0.6 is 0 Å². The van der Waals surface area contributed by atoms with Crippen LogP contribution in [0.5, 0.6) is 11.5 Å². The van der Waals surface area contributed by atoms with E-state index >= 15 is 0 Å². The molecule has 1 atom stereocenters. The van der Waals surface area contributed by atoms with E-state index in [-0.39, 0.29) is 11.9 Å². The topological polar surface area (TPSA) is 38.8 Å². The molecule has 22 heavy (non-hydrogen) atoms. The number of benzene rings is 2. The van der Waals surface area contributed by atoms with Crippen molar-refractivity contribution in [2.45, 2.75) is 12.5 Å². The van der Waals surface area contributed by atoms with E-state index in [0.29, 0.717) is 17.9 Å². The lowest BCUT2D eigenvalue weighted by Crippen LogP contribution is -2.37. The fourth-order valence-corrected chi connectivity index (χ4v) is 3.02. The number of carbonyl (C=O) groups excluding carboxylic acids is 1. The number of ether oxygens (including phenoxy) is 2. The first-order valence-corrected chi connectivity index (χ1v) is 7.21. The summed E-state index contributed by atoms with van der Waals surface area (Å²) in [4.78, 5) is 14.1. The van der Waals surface area contributed by atoms with Crippen LogP contribution in [0.25, 0.3) is 0 Å². The van der Waals surface area contributed by atoms with E-state index in [1.165, 1.54) is 0 Å². The highest BCUT2D eigenvalue weighted by atomic mass is 16.5. The molecule has 0 N–H and O–H groups in total. The molecule has 2 aromatic carbocycles. The average molecular weight is 297 g/mol. The Morgan fingerprint density at radius 3 is 2.32 bits per heavy atom. The summed E-state index contributed by atoms with van der Waals surface area (Å²) in [6.45, 7) is 0. The molecule has 0 spiro atoms. The Kier molecular flexibility index (Phi) is 3.75. The first-order chi connectivity index (χ1) is 10.7. The highest BCUT2D eigenvalue weighted by Gasteiger charge is 2.32. The van der Waals surface area contributed by atoms with E-state index in [0.717, 1.165) is 16.7 Å². The minimum Gasteiger partial charge on any atom is -0.493 e. The first-order valence-electron chi connectivity index (χ1n) is 7.21. The van der Waals surface area contributed by atoms with Gasteiger partial charge in [-0.25, -0.2) is 0 Å². The normalized spacial score (nSPS) is 17.1. The van der Waals surface area contributed by atoms with E-state index in [1.807, 2.05) is 49.5 Å². The maximum atomic E-state index is 12.3. The van der Waals surface area contributed by atoms with E-state index in [9.17, 15) is 4.79 Å². The van der Waals surface area contributed by atoms with Crippen molar-refractivity contribution >= 4 is 5.91 Å². The largest absolute Gasteiger partial charge is 0.493 e. The van der Waals surface area contributed by atoms with Crippen LogP contribution in [0.4, 0.5) is 0 Å². The molecule has 0 aliphatic carbocycles. The lowest BCUT2D eigenvalue weighted by Gasteiger charge is -2.35. The van der Waals surface area contributed by atoms with Gasteiger partial charge in [-0.1, -0.05) is 30.3 Å². The zero-order valence-electron chi connectivity index (χ0n) is 13.0. The molecule has 1 unspecified atom stereocenters. The van der Waals surface area contributed by atoms with Gasteiger partial charge in [-0.3, -0.25) is 4.79 Å². The Bertz CT molecular complexity index is 697. The standard InChI is InChI=1S/C18H19NO3/c1-19-17(20)10-13-9-15(21-2)16(22-3)11-14(13)18(19)12-7-5-4-6-8-12/h4-9,11,18H,10H2,1-3H3. The smallest absolute Gasteiger partial charge is 0.227 e. The van der Waals surface area contributed by atoms with Gasteiger partial charge >= 0.3 is 0 Å². The molecule has 0 radical (unpaired) electrons. The molecule has 0 fully saturated rings. The second-order valence-electron chi connectivity index (χ2n) is 5.40.